The summed E-state index contributed by atoms with van der Waals surface area (Å²) in [6, 6.07) is -0.186. The SMILES string of the molecule is COC(=O)[C@H]1CCC=C2CC[C@@H](NC(=O)C(Cl)(Cl)Cl)[C@H]21. The second-order valence-electron chi connectivity index (χ2n) is 5.13. The fraction of sp³-hybridized carbons (Fsp3) is 0.692. The molecule has 2 rings (SSSR count). The van der Waals surface area contributed by atoms with Crippen LogP contribution in [0.4, 0.5) is 0 Å². The highest BCUT2D eigenvalue weighted by Gasteiger charge is 2.44. The van der Waals surface area contributed by atoms with Crippen LogP contribution in [0.25, 0.3) is 0 Å². The van der Waals surface area contributed by atoms with Crippen molar-refractivity contribution in [2.45, 2.75) is 35.5 Å². The number of allylic oxidation sites excluding steroid dienone is 1. The number of esters is 1. The summed E-state index contributed by atoms with van der Waals surface area (Å²) in [5.41, 5.74) is 1.20. The second kappa shape index (κ2) is 6.12. The number of hydrogen-bond acceptors (Lipinski definition) is 3. The molecule has 2 aliphatic rings. The van der Waals surface area contributed by atoms with Crippen LogP contribution in [-0.2, 0) is 14.3 Å². The number of rotatable bonds is 2. The van der Waals surface area contributed by atoms with Crippen molar-refractivity contribution in [2.24, 2.45) is 11.8 Å². The number of hydrogen-bond donors (Lipinski definition) is 1. The van der Waals surface area contributed by atoms with Gasteiger partial charge in [0.05, 0.1) is 13.0 Å². The van der Waals surface area contributed by atoms with E-state index < -0.39 is 9.70 Å². The molecule has 0 radical (unpaired) electrons. The zero-order valence-electron chi connectivity index (χ0n) is 11.0. The summed E-state index contributed by atoms with van der Waals surface area (Å²) in [7, 11) is 1.38. The molecule has 0 aromatic heterocycles. The Hall–Kier alpha value is -0.450. The van der Waals surface area contributed by atoms with Gasteiger partial charge in [0.2, 0.25) is 0 Å². The van der Waals surface area contributed by atoms with Crippen molar-refractivity contribution >= 4 is 46.7 Å². The maximum absolute atomic E-state index is 11.9. The molecule has 0 heterocycles. The van der Waals surface area contributed by atoms with E-state index in [0.29, 0.717) is 0 Å². The monoisotopic (exact) mass is 339 g/mol. The Kier molecular flexibility index (Phi) is 4.88. The lowest BCUT2D eigenvalue weighted by molar-refractivity contribution is -0.148. The second-order valence-corrected chi connectivity index (χ2v) is 7.41. The average Bonchev–Trinajstić information content (AvgIpc) is 2.80. The van der Waals surface area contributed by atoms with Crippen LogP contribution in [0.5, 0.6) is 0 Å². The maximum atomic E-state index is 11.9. The molecule has 20 heavy (non-hydrogen) atoms. The number of fused-ring (bicyclic) bond motifs is 1. The van der Waals surface area contributed by atoms with E-state index in [9.17, 15) is 9.59 Å². The minimum Gasteiger partial charge on any atom is -0.469 e. The lowest BCUT2D eigenvalue weighted by atomic mass is 9.78. The molecule has 0 aromatic rings. The van der Waals surface area contributed by atoms with Crippen molar-refractivity contribution in [1.82, 2.24) is 5.32 Å². The van der Waals surface area contributed by atoms with E-state index in [1.165, 1.54) is 12.7 Å². The van der Waals surface area contributed by atoms with Crippen molar-refractivity contribution in [2.75, 3.05) is 7.11 Å². The molecule has 4 nitrogen and oxygen atoms in total. The van der Waals surface area contributed by atoms with Crippen LogP contribution in [0.3, 0.4) is 0 Å². The van der Waals surface area contributed by atoms with E-state index in [0.717, 1.165) is 25.7 Å². The molecule has 0 aromatic carbocycles. The molecule has 0 spiro atoms. The van der Waals surface area contributed by atoms with E-state index in [1.807, 2.05) is 0 Å². The first-order valence-corrected chi connectivity index (χ1v) is 7.62. The fourth-order valence-corrected chi connectivity index (χ4v) is 3.32. The Morgan fingerprint density at radius 2 is 2.05 bits per heavy atom. The minimum absolute atomic E-state index is 0.0486. The molecule has 7 heteroatoms. The van der Waals surface area contributed by atoms with Crippen LogP contribution in [-0.4, -0.2) is 28.8 Å². The quantitative estimate of drug-likeness (QED) is 0.478. The highest BCUT2D eigenvalue weighted by molar-refractivity contribution is 6.76. The molecule has 112 valence electrons. The van der Waals surface area contributed by atoms with Gasteiger partial charge in [-0.3, -0.25) is 9.59 Å². The van der Waals surface area contributed by atoms with Crippen LogP contribution in [0.1, 0.15) is 25.7 Å². The first-order valence-electron chi connectivity index (χ1n) is 6.49. The molecule has 1 fully saturated rings. The Bertz CT molecular complexity index is 445. The van der Waals surface area contributed by atoms with Gasteiger partial charge in [-0.1, -0.05) is 46.5 Å². The lowest BCUT2D eigenvalue weighted by Crippen LogP contribution is -2.46. The van der Waals surface area contributed by atoms with Gasteiger partial charge in [0.1, 0.15) is 0 Å². The average molecular weight is 341 g/mol. The van der Waals surface area contributed by atoms with Gasteiger partial charge in [0.25, 0.3) is 9.70 Å². The van der Waals surface area contributed by atoms with E-state index in [4.69, 9.17) is 39.5 Å². The summed E-state index contributed by atoms with van der Waals surface area (Å²) in [5, 5.41) is 2.74. The van der Waals surface area contributed by atoms with Gasteiger partial charge < -0.3 is 10.1 Å². The van der Waals surface area contributed by atoms with Crippen LogP contribution in [0.2, 0.25) is 0 Å². The Balaban J connectivity index is 2.15. The first kappa shape index (κ1) is 15.9. The molecule has 0 bridgehead atoms. The molecule has 2 aliphatic carbocycles. The van der Waals surface area contributed by atoms with Gasteiger partial charge in [-0.2, -0.15) is 0 Å². The van der Waals surface area contributed by atoms with E-state index in [-0.39, 0.29) is 23.8 Å². The van der Waals surface area contributed by atoms with Crippen molar-refractivity contribution in [1.29, 1.82) is 0 Å². The molecule has 0 unspecified atom stereocenters. The largest absolute Gasteiger partial charge is 0.469 e. The fourth-order valence-electron chi connectivity index (χ4n) is 3.16. The number of carbonyl (C=O) groups excluding carboxylic acids is 2. The number of ether oxygens (including phenoxy) is 1. The number of halogens is 3. The third kappa shape index (κ3) is 3.23. The summed E-state index contributed by atoms with van der Waals surface area (Å²) in [6.45, 7) is 0. The predicted octanol–water partition coefficient (Wildman–Crippen LogP) is 2.76. The molecule has 0 saturated heterocycles. The highest BCUT2D eigenvalue weighted by Crippen LogP contribution is 2.43. The van der Waals surface area contributed by atoms with E-state index in [1.54, 1.807) is 0 Å². The maximum Gasteiger partial charge on any atom is 0.309 e. The first-order chi connectivity index (χ1) is 9.34. The Morgan fingerprint density at radius 3 is 2.65 bits per heavy atom. The van der Waals surface area contributed by atoms with Gasteiger partial charge in [-0.25, -0.2) is 0 Å². The molecule has 3 atom stereocenters. The van der Waals surface area contributed by atoms with Gasteiger partial charge in [-0.15, -0.1) is 0 Å². The zero-order valence-corrected chi connectivity index (χ0v) is 13.3. The zero-order chi connectivity index (χ0) is 14.9. The molecular formula is C13H16Cl3NO3. The van der Waals surface area contributed by atoms with Crippen LogP contribution >= 0.6 is 34.8 Å². The number of methoxy groups -OCH3 is 1. The smallest absolute Gasteiger partial charge is 0.309 e. The summed E-state index contributed by atoms with van der Waals surface area (Å²) in [6.07, 6.45) is 5.32. The Morgan fingerprint density at radius 1 is 1.35 bits per heavy atom. The normalized spacial score (nSPS) is 29.4. The van der Waals surface area contributed by atoms with Crippen molar-refractivity contribution in [3.05, 3.63) is 11.6 Å². The standard InChI is InChI=1S/C13H16Cl3NO3/c1-20-11(18)8-4-2-3-7-5-6-9(10(7)8)17-12(19)13(14,15)16/h3,8-10H,2,4-6H2,1H3,(H,17,19)/t8-,9+,10+/m0/s1. The topological polar surface area (TPSA) is 55.4 Å². The van der Waals surface area contributed by atoms with Crippen molar-refractivity contribution in [3.63, 3.8) is 0 Å². The van der Waals surface area contributed by atoms with Crippen LogP contribution < -0.4 is 5.32 Å². The van der Waals surface area contributed by atoms with Crippen LogP contribution in [0.15, 0.2) is 11.6 Å². The molecular weight excluding hydrogens is 325 g/mol. The molecule has 1 amide bonds. The summed E-state index contributed by atoms with van der Waals surface area (Å²) < 4.78 is 2.88. The summed E-state index contributed by atoms with van der Waals surface area (Å²) in [5.74, 6) is -1.17. The number of alkyl halides is 3. The minimum atomic E-state index is -1.98. The number of carbonyl (C=O) groups is 2. The molecule has 1 saturated carbocycles. The number of nitrogens with one attached hydrogen (secondary N) is 1. The third-order valence-corrected chi connectivity index (χ3v) is 4.52. The Labute approximate surface area is 132 Å². The summed E-state index contributed by atoms with van der Waals surface area (Å²) >= 11 is 16.7. The van der Waals surface area contributed by atoms with Gasteiger partial charge in [0.15, 0.2) is 0 Å². The van der Waals surface area contributed by atoms with Crippen LogP contribution in [0, 0.1) is 11.8 Å². The van der Waals surface area contributed by atoms with E-state index >= 15 is 0 Å². The molecule has 1 N–H and O–H groups in total. The predicted molar refractivity (Wildman–Crippen MR) is 77.8 cm³/mol. The van der Waals surface area contributed by atoms with Gasteiger partial charge in [-0.05, 0) is 25.7 Å². The molecule has 0 aliphatic heterocycles. The van der Waals surface area contributed by atoms with Crippen molar-refractivity contribution < 1.29 is 14.3 Å². The lowest BCUT2D eigenvalue weighted by Gasteiger charge is -2.31. The van der Waals surface area contributed by atoms with E-state index in [2.05, 4.69) is 11.4 Å². The summed E-state index contributed by atoms with van der Waals surface area (Å²) in [4.78, 5) is 23.7. The number of amides is 1. The van der Waals surface area contributed by atoms with Gasteiger partial charge in [0, 0.05) is 12.0 Å². The van der Waals surface area contributed by atoms with Gasteiger partial charge >= 0.3 is 5.97 Å². The highest BCUT2D eigenvalue weighted by atomic mass is 35.6. The third-order valence-electron chi connectivity index (χ3n) is 4.00. The van der Waals surface area contributed by atoms with Crippen molar-refractivity contribution in [3.8, 4) is 0 Å².